The van der Waals surface area contributed by atoms with E-state index in [4.69, 9.17) is 23.2 Å². The Morgan fingerprint density at radius 1 is 1.04 bits per heavy atom. The fraction of sp³-hybridized carbons (Fsp3) is 0.100. The minimum Gasteiger partial charge on any atom is -0.240 e. The maximum Gasteiger partial charge on any atom is 0.417 e. The first kappa shape index (κ1) is 20.5. The molecule has 0 saturated heterocycles. The highest BCUT2D eigenvalue weighted by atomic mass is 35.5. The molecule has 0 aliphatic carbocycles. The molecule has 0 N–H and O–H groups in total. The second kappa shape index (κ2) is 8.44. The van der Waals surface area contributed by atoms with Crippen LogP contribution in [0.25, 0.3) is 11.3 Å². The van der Waals surface area contributed by atoms with Gasteiger partial charge in [-0.2, -0.15) is 18.4 Å². The Hall–Kier alpha value is -2.20. The lowest BCUT2D eigenvalue weighted by molar-refractivity contribution is -0.138. The molecule has 0 aliphatic rings. The Balaban J connectivity index is 2.08. The Morgan fingerprint density at radius 2 is 1.71 bits per heavy atom. The van der Waals surface area contributed by atoms with E-state index < -0.39 is 17.3 Å². The first-order valence-electron chi connectivity index (χ1n) is 7.94. The summed E-state index contributed by atoms with van der Waals surface area (Å²) in [4.78, 5) is 4.32. The van der Waals surface area contributed by atoms with E-state index in [9.17, 15) is 18.4 Å². The summed E-state index contributed by atoms with van der Waals surface area (Å²) in [6.07, 6.45) is -4.69. The van der Waals surface area contributed by atoms with Gasteiger partial charge in [-0.05, 0) is 29.8 Å². The predicted molar refractivity (Wildman–Crippen MR) is 105 cm³/mol. The molecule has 0 fully saturated rings. The molecule has 8 heteroatoms. The predicted octanol–water partition coefficient (Wildman–Crippen LogP) is 7.24. The molecule has 0 bridgehead atoms. The highest BCUT2D eigenvalue weighted by Gasteiger charge is 2.36. The normalized spacial score (nSPS) is 11.3. The van der Waals surface area contributed by atoms with E-state index >= 15 is 0 Å². The summed E-state index contributed by atoms with van der Waals surface area (Å²) in [6.45, 7) is 0. The van der Waals surface area contributed by atoms with Crippen molar-refractivity contribution >= 4 is 35.0 Å². The van der Waals surface area contributed by atoms with E-state index in [2.05, 4.69) is 4.98 Å². The van der Waals surface area contributed by atoms with Crippen LogP contribution >= 0.6 is 35.0 Å². The van der Waals surface area contributed by atoms with Gasteiger partial charge in [-0.25, -0.2) is 4.98 Å². The van der Waals surface area contributed by atoms with Crippen LogP contribution in [0.4, 0.5) is 13.2 Å². The van der Waals surface area contributed by atoms with Crippen LogP contribution in [-0.4, -0.2) is 4.98 Å². The van der Waals surface area contributed by atoms with E-state index in [1.165, 1.54) is 0 Å². The van der Waals surface area contributed by atoms with E-state index in [0.717, 1.165) is 23.4 Å². The number of nitriles is 1. The number of pyridine rings is 1. The maximum atomic E-state index is 13.6. The lowest BCUT2D eigenvalue weighted by Gasteiger charge is -2.14. The third kappa shape index (κ3) is 4.61. The molecule has 0 radical (unpaired) electrons. The number of aromatic nitrogens is 1. The smallest absolute Gasteiger partial charge is 0.240 e. The Morgan fingerprint density at radius 3 is 2.32 bits per heavy atom. The molecule has 0 amide bonds. The van der Waals surface area contributed by atoms with Crippen molar-refractivity contribution in [3.63, 3.8) is 0 Å². The zero-order valence-electron chi connectivity index (χ0n) is 14.1. The number of nitrogens with zero attached hydrogens (tertiary/aromatic N) is 2. The van der Waals surface area contributed by atoms with Gasteiger partial charge < -0.3 is 0 Å². The largest absolute Gasteiger partial charge is 0.417 e. The Labute approximate surface area is 173 Å². The lowest BCUT2D eigenvalue weighted by Crippen LogP contribution is -2.10. The first-order valence-corrected chi connectivity index (χ1v) is 9.68. The van der Waals surface area contributed by atoms with Gasteiger partial charge in [0, 0.05) is 21.4 Å². The van der Waals surface area contributed by atoms with Crippen LogP contribution in [0.1, 0.15) is 16.7 Å². The van der Waals surface area contributed by atoms with Gasteiger partial charge in [-0.15, -0.1) is 11.8 Å². The SMILES string of the molecule is N#Cc1c(C(F)(F)F)cc(-c2ccc(Cl)cc2)nc1SCc1ccccc1Cl. The van der Waals surface area contributed by atoms with Crippen molar-refractivity contribution in [3.8, 4) is 17.3 Å². The van der Waals surface area contributed by atoms with Crippen LogP contribution < -0.4 is 0 Å². The first-order chi connectivity index (χ1) is 13.3. The Bertz CT molecular complexity index is 1040. The highest BCUT2D eigenvalue weighted by Crippen LogP contribution is 2.39. The molecule has 28 heavy (non-hydrogen) atoms. The molecule has 0 saturated carbocycles. The van der Waals surface area contributed by atoms with Crippen molar-refractivity contribution in [2.24, 2.45) is 0 Å². The maximum absolute atomic E-state index is 13.6. The van der Waals surface area contributed by atoms with E-state index in [-0.39, 0.29) is 16.5 Å². The number of hydrogen-bond donors (Lipinski definition) is 0. The topological polar surface area (TPSA) is 36.7 Å². The Kier molecular flexibility index (Phi) is 6.19. The summed E-state index contributed by atoms with van der Waals surface area (Å²) in [7, 11) is 0. The van der Waals surface area contributed by atoms with Gasteiger partial charge in [0.25, 0.3) is 0 Å². The van der Waals surface area contributed by atoms with Gasteiger partial charge in [0.05, 0.1) is 16.8 Å². The lowest BCUT2D eigenvalue weighted by atomic mass is 10.1. The highest BCUT2D eigenvalue weighted by molar-refractivity contribution is 7.98. The van der Waals surface area contributed by atoms with Gasteiger partial charge in [0.15, 0.2) is 0 Å². The molecule has 142 valence electrons. The summed E-state index contributed by atoms with van der Waals surface area (Å²) in [5, 5.41) is 10.3. The van der Waals surface area contributed by atoms with Gasteiger partial charge in [-0.1, -0.05) is 53.5 Å². The van der Waals surface area contributed by atoms with Gasteiger partial charge in [-0.3, -0.25) is 0 Å². The quantitative estimate of drug-likeness (QED) is 0.402. The minimum absolute atomic E-state index is 0.00203. The standard InChI is InChI=1S/C20H11Cl2F3N2S/c21-14-7-5-12(6-8-14)18-9-16(20(23,24)25)15(10-26)19(27-18)28-11-13-3-1-2-4-17(13)22/h1-9H,11H2. The zero-order valence-corrected chi connectivity index (χ0v) is 16.4. The molecule has 0 unspecified atom stereocenters. The number of hydrogen-bond acceptors (Lipinski definition) is 3. The summed E-state index contributed by atoms with van der Waals surface area (Å²) < 4.78 is 40.7. The van der Waals surface area contributed by atoms with E-state index in [1.54, 1.807) is 54.6 Å². The summed E-state index contributed by atoms with van der Waals surface area (Å²) in [5.41, 5.74) is -0.187. The molecule has 2 aromatic carbocycles. The van der Waals surface area contributed by atoms with Gasteiger partial charge in [0.2, 0.25) is 0 Å². The summed E-state index contributed by atoms with van der Waals surface area (Å²) in [6, 6.07) is 15.9. The van der Waals surface area contributed by atoms with E-state index in [0.29, 0.717) is 15.6 Å². The number of thioether (sulfide) groups is 1. The van der Waals surface area contributed by atoms with Gasteiger partial charge in [0.1, 0.15) is 11.1 Å². The second-order valence-electron chi connectivity index (χ2n) is 5.73. The van der Waals surface area contributed by atoms with Crippen LogP contribution in [-0.2, 0) is 11.9 Å². The molecule has 1 aromatic heterocycles. The van der Waals surface area contributed by atoms with Crippen molar-refractivity contribution in [1.29, 1.82) is 5.26 Å². The molecule has 0 spiro atoms. The van der Waals surface area contributed by atoms with Crippen LogP contribution in [0.5, 0.6) is 0 Å². The van der Waals surface area contributed by atoms with Crippen molar-refractivity contribution in [3.05, 3.63) is 81.3 Å². The average Bonchev–Trinajstić information content (AvgIpc) is 2.66. The van der Waals surface area contributed by atoms with Crippen LogP contribution in [0.3, 0.4) is 0 Å². The van der Waals surface area contributed by atoms with Crippen molar-refractivity contribution in [1.82, 2.24) is 4.98 Å². The molecule has 1 heterocycles. The summed E-state index contributed by atoms with van der Waals surface area (Å²) in [5.74, 6) is 0.280. The fourth-order valence-electron chi connectivity index (χ4n) is 2.49. The molecule has 2 nitrogen and oxygen atoms in total. The minimum atomic E-state index is -4.69. The number of halogens is 5. The molecular formula is C20H11Cl2F3N2S. The van der Waals surface area contributed by atoms with Crippen LogP contribution in [0.2, 0.25) is 10.0 Å². The zero-order chi connectivity index (χ0) is 20.3. The van der Waals surface area contributed by atoms with Crippen LogP contribution in [0.15, 0.2) is 59.6 Å². The molecule has 0 aliphatic heterocycles. The summed E-state index contributed by atoms with van der Waals surface area (Å²) >= 11 is 13.0. The molecular weight excluding hydrogens is 428 g/mol. The fourth-order valence-corrected chi connectivity index (χ4v) is 3.90. The molecule has 3 rings (SSSR count). The number of rotatable bonds is 4. The average molecular weight is 439 g/mol. The monoisotopic (exact) mass is 438 g/mol. The number of benzene rings is 2. The van der Waals surface area contributed by atoms with Gasteiger partial charge >= 0.3 is 6.18 Å². The third-order valence-corrected chi connectivity index (χ3v) is 5.51. The van der Waals surface area contributed by atoms with Crippen molar-refractivity contribution < 1.29 is 13.2 Å². The van der Waals surface area contributed by atoms with Crippen molar-refractivity contribution in [2.45, 2.75) is 17.0 Å². The third-order valence-electron chi connectivity index (χ3n) is 3.87. The van der Waals surface area contributed by atoms with Crippen LogP contribution in [0, 0.1) is 11.3 Å². The molecule has 3 aromatic rings. The second-order valence-corrected chi connectivity index (χ2v) is 7.54. The van der Waals surface area contributed by atoms with Crippen molar-refractivity contribution in [2.75, 3.05) is 0 Å². The number of alkyl halides is 3. The van der Waals surface area contributed by atoms with E-state index in [1.807, 2.05) is 0 Å². The molecule has 0 atom stereocenters.